The second kappa shape index (κ2) is 9.52. The van der Waals surface area contributed by atoms with E-state index in [1.807, 2.05) is 0 Å². The van der Waals surface area contributed by atoms with E-state index in [0.29, 0.717) is 6.61 Å². The van der Waals surface area contributed by atoms with E-state index in [-0.39, 0.29) is 0 Å². The molecule has 0 bridgehead atoms. The number of ether oxygens (including phenoxy) is 1. The van der Waals surface area contributed by atoms with E-state index < -0.39 is 0 Å². The molecule has 138 valence electrons. The van der Waals surface area contributed by atoms with Gasteiger partial charge in [0.1, 0.15) is 0 Å². The van der Waals surface area contributed by atoms with Gasteiger partial charge in [0, 0.05) is 7.11 Å². The topological polar surface area (TPSA) is 9.23 Å². The third-order valence-electron chi connectivity index (χ3n) is 6.65. The van der Waals surface area contributed by atoms with E-state index >= 15 is 0 Å². The van der Waals surface area contributed by atoms with E-state index in [9.17, 15) is 4.39 Å². The average molecular weight is 345 g/mol. The Bertz CT molecular complexity index is 520. The summed E-state index contributed by atoms with van der Waals surface area (Å²) < 4.78 is 17.4. The molecule has 1 nitrogen and oxygen atoms in total. The Labute approximate surface area is 152 Å². The molecule has 0 unspecified atom stereocenters. The fourth-order valence-corrected chi connectivity index (χ4v) is 5.12. The number of benzene rings is 1. The number of hydrogen-bond acceptors (Lipinski definition) is 1. The molecule has 0 amide bonds. The van der Waals surface area contributed by atoms with Gasteiger partial charge in [-0.2, -0.15) is 0 Å². The Morgan fingerprint density at radius 2 is 1.52 bits per heavy atom. The van der Waals surface area contributed by atoms with Crippen LogP contribution in [0.1, 0.15) is 74.8 Å². The molecule has 0 aromatic heterocycles. The van der Waals surface area contributed by atoms with Gasteiger partial charge >= 0.3 is 0 Å². The molecule has 2 saturated carbocycles. The zero-order valence-corrected chi connectivity index (χ0v) is 15.6. The van der Waals surface area contributed by atoms with Gasteiger partial charge in [0.2, 0.25) is 0 Å². The minimum absolute atomic E-state index is 0.705. The van der Waals surface area contributed by atoms with Crippen LogP contribution in [0.25, 0.3) is 0 Å². The van der Waals surface area contributed by atoms with Crippen molar-refractivity contribution in [2.75, 3.05) is 7.11 Å². The number of halogens is 1. The quantitative estimate of drug-likeness (QED) is 0.552. The van der Waals surface area contributed by atoms with Gasteiger partial charge in [-0.25, -0.2) is 4.39 Å². The molecule has 0 heterocycles. The van der Waals surface area contributed by atoms with Crippen molar-refractivity contribution >= 4 is 0 Å². The van der Waals surface area contributed by atoms with Crippen molar-refractivity contribution in [1.82, 2.24) is 0 Å². The molecule has 0 radical (unpaired) electrons. The predicted octanol–water partition coefficient (Wildman–Crippen LogP) is 6.79. The molecular formula is C23H33FO. The van der Waals surface area contributed by atoms with Gasteiger partial charge in [-0.3, -0.25) is 0 Å². The first-order valence-electron chi connectivity index (χ1n) is 10.1. The van der Waals surface area contributed by atoms with Gasteiger partial charge in [-0.05, 0) is 92.6 Å². The molecule has 0 aliphatic heterocycles. The fraction of sp³-hybridized carbons (Fsp3) is 0.652. The second-order valence-electron chi connectivity index (χ2n) is 8.16. The summed E-state index contributed by atoms with van der Waals surface area (Å²) in [5.41, 5.74) is 2.78. The van der Waals surface area contributed by atoms with Gasteiger partial charge in [-0.1, -0.05) is 30.3 Å². The van der Waals surface area contributed by atoms with Crippen molar-refractivity contribution in [3.05, 3.63) is 47.8 Å². The first-order chi connectivity index (χ1) is 12.3. The Kier molecular flexibility index (Phi) is 7.10. The lowest BCUT2D eigenvalue weighted by Gasteiger charge is -2.38. The van der Waals surface area contributed by atoms with Crippen LogP contribution in [0.5, 0.6) is 0 Å². The largest absolute Gasteiger partial charge is 0.380 e. The lowest BCUT2D eigenvalue weighted by molar-refractivity contribution is 0.160. The lowest BCUT2D eigenvalue weighted by atomic mass is 9.68. The van der Waals surface area contributed by atoms with Crippen LogP contribution in [0, 0.1) is 17.8 Å². The van der Waals surface area contributed by atoms with E-state index in [2.05, 4.69) is 24.3 Å². The zero-order chi connectivity index (χ0) is 17.5. The molecular weight excluding hydrogens is 311 g/mol. The van der Waals surface area contributed by atoms with Crippen LogP contribution in [0.15, 0.2) is 36.7 Å². The van der Waals surface area contributed by atoms with Crippen molar-refractivity contribution in [2.24, 2.45) is 17.8 Å². The number of hydrogen-bond donors (Lipinski definition) is 0. The van der Waals surface area contributed by atoms with Crippen molar-refractivity contribution in [3.63, 3.8) is 0 Å². The fourth-order valence-electron chi connectivity index (χ4n) is 5.12. The molecule has 2 fully saturated rings. The van der Waals surface area contributed by atoms with Crippen LogP contribution in [0.3, 0.4) is 0 Å². The summed E-state index contributed by atoms with van der Waals surface area (Å²) in [6.45, 7) is 0.705. The van der Waals surface area contributed by atoms with Crippen LogP contribution >= 0.6 is 0 Å². The minimum Gasteiger partial charge on any atom is -0.380 e. The Balaban J connectivity index is 1.44. The van der Waals surface area contributed by atoms with Gasteiger partial charge in [-0.15, -0.1) is 0 Å². The predicted molar refractivity (Wildman–Crippen MR) is 102 cm³/mol. The van der Waals surface area contributed by atoms with Crippen molar-refractivity contribution in [2.45, 2.75) is 70.3 Å². The summed E-state index contributed by atoms with van der Waals surface area (Å²) >= 11 is 0. The highest BCUT2D eigenvalue weighted by Gasteiger charge is 2.30. The van der Waals surface area contributed by atoms with Gasteiger partial charge in [0.25, 0.3) is 0 Å². The molecule has 0 saturated heterocycles. The number of rotatable bonds is 6. The summed E-state index contributed by atoms with van der Waals surface area (Å²) in [5.74, 6) is 3.33. The minimum atomic E-state index is 0.705. The summed E-state index contributed by atoms with van der Waals surface area (Å²) in [6.07, 6.45) is 14.2. The van der Waals surface area contributed by atoms with E-state index in [4.69, 9.17) is 4.74 Å². The highest BCUT2D eigenvalue weighted by Crippen LogP contribution is 2.44. The standard InChI is InChI=1S/C23H33FO/c1-25-17-19-6-10-21(11-7-19)23-14-12-22(13-15-23)20-8-4-18(5-9-20)3-2-16-24/h2,6-7,10-11,16,18,20,22-23H,3-5,8-9,12-15,17H2,1H3. The van der Waals surface area contributed by atoms with Crippen molar-refractivity contribution < 1.29 is 9.13 Å². The molecule has 1 aromatic rings. The third-order valence-corrected chi connectivity index (χ3v) is 6.65. The van der Waals surface area contributed by atoms with Crippen molar-refractivity contribution in [3.8, 4) is 0 Å². The summed E-state index contributed by atoms with van der Waals surface area (Å²) in [4.78, 5) is 0. The molecule has 0 N–H and O–H groups in total. The summed E-state index contributed by atoms with van der Waals surface area (Å²) in [5, 5.41) is 0. The SMILES string of the molecule is COCc1ccc(C2CCC(C3CCC(CC=CF)CC3)CC2)cc1. The van der Waals surface area contributed by atoms with Crippen LogP contribution < -0.4 is 0 Å². The van der Waals surface area contributed by atoms with Crippen LogP contribution in [-0.2, 0) is 11.3 Å². The normalized spacial score (nSPS) is 30.6. The molecule has 2 aliphatic rings. The first-order valence-corrected chi connectivity index (χ1v) is 10.1. The number of methoxy groups -OCH3 is 1. The van der Waals surface area contributed by atoms with E-state index in [0.717, 1.165) is 36.4 Å². The maximum Gasteiger partial charge on any atom is 0.0827 e. The molecule has 3 rings (SSSR count). The molecule has 0 spiro atoms. The van der Waals surface area contributed by atoms with Crippen molar-refractivity contribution in [1.29, 1.82) is 0 Å². The molecule has 0 atom stereocenters. The maximum atomic E-state index is 12.2. The second-order valence-corrected chi connectivity index (χ2v) is 8.16. The van der Waals surface area contributed by atoms with Crippen LogP contribution in [0.4, 0.5) is 4.39 Å². The van der Waals surface area contributed by atoms with E-state index in [1.165, 1.54) is 62.5 Å². The average Bonchev–Trinajstić information content (AvgIpc) is 2.68. The lowest BCUT2D eigenvalue weighted by Crippen LogP contribution is -2.25. The first kappa shape index (κ1) is 18.6. The molecule has 2 aliphatic carbocycles. The van der Waals surface area contributed by atoms with Crippen LogP contribution in [-0.4, -0.2) is 7.11 Å². The van der Waals surface area contributed by atoms with E-state index in [1.54, 1.807) is 13.2 Å². The highest BCUT2D eigenvalue weighted by atomic mass is 19.1. The molecule has 1 aromatic carbocycles. The molecule has 25 heavy (non-hydrogen) atoms. The van der Waals surface area contributed by atoms with Gasteiger partial charge in [0.15, 0.2) is 0 Å². The van der Waals surface area contributed by atoms with Gasteiger partial charge in [0.05, 0.1) is 12.9 Å². The smallest absolute Gasteiger partial charge is 0.0827 e. The third kappa shape index (κ3) is 5.17. The monoisotopic (exact) mass is 344 g/mol. The Hall–Kier alpha value is -1.15. The van der Waals surface area contributed by atoms with Crippen LogP contribution in [0.2, 0.25) is 0 Å². The van der Waals surface area contributed by atoms with Gasteiger partial charge < -0.3 is 4.74 Å². The Morgan fingerprint density at radius 1 is 0.920 bits per heavy atom. The summed E-state index contributed by atoms with van der Waals surface area (Å²) in [6, 6.07) is 9.06. The summed E-state index contributed by atoms with van der Waals surface area (Å²) in [7, 11) is 1.75. The highest BCUT2D eigenvalue weighted by molar-refractivity contribution is 5.25. The maximum absolute atomic E-state index is 12.2. The Morgan fingerprint density at radius 3 is 2.08 bits per heavy atom. The zero-order valence-electron chi connectivity index (χ0n) is 15.6. The number of allylic oxidation sites excluding steroid dienone is 1. The molecule has 2 heteroatoms.